The lowest BCUT2D eigenvalue weighted by molar-refractivity contribution is 0.477. The van der Waals surface area contributed by atoms with Gasteiger partial charge in [0, 0.05) is 21.1 Å². The molecule has 108 valence electrons. The summed E-state index contributed by atoms with van der Waals surface area (Å²) in [7, 11) is 0. The Morgan fingerprint density at radius 1 is 1.19 bits per heavy atom. The number of rotatable bonds is 3. The molecule has 0 radical (unpaired) electrons. The predicted octanol–water partition coefficient (Wildman–Crippen LogP) is 3.64. The number of hydrogen-bond donors (Lipinski definition) is 3. The maximum atomic E-state index is 6.07. The zero-order valence-electron chi connectivity index (χ0n) is 11.6. The van der Waals surface area contributed by atoms with Crippen LogP contribution in [0, 0.1) is 6.92 Å². The smallest absolute Gasteiger partial charge is 0.137 e. The SMILES string of the molecule is Cc1cccc2cc(C(NN)c3cc(Br)ccc3N)oc12. The van der Waals surface area contributed by atoms with E-state index in [0.717, 1.165) is 32.3 Å². The number of para-hydroxylation sites is 1. The molecule has 1 aromatic heterocycles. The van der Waals surface area contributed by atoms with E-state index >= 15 is 0 Å². The first kappa shape index (κ1) is 14.1. The summed E-state index contributed by atoms with van der Waals surface area (Å²) in [5, 5.41) is 1.05. The minimum atomic E-state index is -0.297. The highest BCUT2D eigenvalue weighted by Gasteiger charge is 2.20. The molecule has 21 heavy (non-hydrogen) atoms. The molecular weight excluding hydrogens is 330 g/mol. The number of fused-ring (bicyclic) bond motifs is 1. The Morgan fingerprint density at radius 3 is 2.71 bits per heavy atom. The van der Waals surface area contributed by atoms with E-state index in [1.165, 1.54) is 0 Å². The lowest BCUT2D eigenvalue weighted by Crippen LogP contribution is -2.29. The van der Waals surface area contributed by atoms with E-state index in [1.54, 1.807) is 0 Å². The molecule has 1 heterocycles. The van der Waals surface area contributed by atoms with Crippen molar-refractivity contribution in [2.24, 2.45) is 5.84 Å². The van der Waals surface area contributed by atoms with Gasteiger partial charge in [0.25, 0.3) is 0 Å². The number of nitrogen functional groups attached to an aromatic ring is 1. The lowest BCUT2D eigenvalue weighted by atomic mass is 10.0. The van der Waals surface area contributed by atoms with E-state index in [9.17, 15) is 0 Å². The van der Waals surface area contributed by atoms with Crippen LogP contribution in [-0.2, 0) is 0 Å². The third kappa shape index (κ3) is 2.55. The normalized spacial score (nSPS) is 12.7. The molecule has 1 unspecified atom stereocenters. The Bertz CT molecular complexity index is 797. The molecule has 2 aromatic carbocycles. The van der Waals surface area contributed by atoms with Gasteiger partial charge in [-0.1, -0.05) is 34.1 Å². The first-order valence-corrected chi connectivity index (χ1v) is 7.39. The fraction of sp³-hybridized carbons (Fsp3) is 0.125. The van der Waals surface area contributed by atoms with Gasteiger partial charge in [0.15, 0.2) is 0 Å². The quantitative estimate of drug-likeness (QED) is 0.384. The van der Waals surface area contributed by atoms with Crippen LogP contribution in [0.2, 0.25) is 0 Å². The molecule has 0 amide bonds. The summed E-state index contributed by atoms with van der Waals surface area (Å²) in [6, 6.07) is 13.4. The molecule has 0 saturated heterocycles. The Labute approximate surface area is 131 Å². The summed E-state index contributed by atoms with van der Waals surface area (Å²) in [4.78, 5) is 0. The molecule has 0 bridgehead atoms. The zero-order valence-corrected chi connectivity index (χ0v) is 13.1. The van der Waals surface area contributed by atoms with Gasteiger partial charge in [0.2, 0.25) is 0 Å². The number of hydrazine groups is 1. The maximum Gasteiger partial charge on any atom is 0.137 e. The number of nitrogens with two attached hydrogens (primary N) is 2. The summed E-state index contributed by atoms with van der Waals surface area (Å²) in [5.74, 6) is 6.48. The molecule has 3 aromatic rings. The average molecular weight is 346 g/mol. The number of halogens is 1. The predicted molar refractivity (Wildman–Crippen MR) is 88.7 cm³/mol. The number of hydrogen-bond acceptors (Lipinski definition) is 4. The highest BCUT2D eigenvalue weighted by molar-refractivity contribution is 9.10. The average Bonchev–Trinajstić information content (AvgIpc) is 2.89. The van der Waals surface area contributed by atoms with Crippen molar-refractivity contribution in [3.05, 3.63) is 63.8 Å². The third-order valence-electron chi connectivity index (χ3n) is 3.57. The summed E-state index contributed by atoms with van der Waals surface area (Å²) < 4.78 is 6.93. The van der Waals surface area contributed by atoms with Gasteiger partial charge in [0.1, 0.15) is 17.4 Å². The highest BCUT2D eigenvalue weighted by atomic mass is 79.9. The molecular formula is C16H16BrN3O. The van der Waals surface area contributed by atoms with Crippen molar-refractivity contribution < 1.29 is 4.42 Å². The number of benzene rings is 2. The van der Waals surface area contributed by atoms with E-state index in [2.05, 4.69) is 21.4 Å². The highest BCUT2D eigenvalue weighted by Crippen LogP contribution is 2.33. The van der Waals surface area contributed by atoms with Crippen molar-refractivity contribution in [1.29, 1.82) is 0 Å². The van der Waals surface area contributed by atoms with Gasteiger partial charge in [-0.05, 0) is 36.8 Å². The van der Waals surface area contributed by atoms with Gasteiger partial charge < -0.3 is 10.2 Å². The molecule has 3 rings (SSSR count). The van der Waals surface area contributed by atoms with Crippen LogP contribution in [-0.4, -0.2) is 0 Å². The van der Waals surface area contributed by atoms with E-state index in [1.807, 2.05) is 49.4 Å². The molecule has 0 saturated carbocycles. The Morgan fingerprint density at radius 2 is 2.00 bits per heavy atom. The van der Waals surface area contributed by atoms with Crippen LogP contribution in [0.4, 0.5) is 5.69 Å². The lowest BCUT2D eigenvalue weighted by Gasteiger charge is -2.16. The van der Waals surface area contributed by atoms with E-state index in [4.69, 9.17) is 16.0 Å². The number of anilines is 1. The fourth-order valence-corrected chi connectivity index (χ4v) is 2.87. The van der Waals surface area contributed by atoms with Crippen LogP contribution in [0.25, 0.3) is 11.0 Å². The van der Waals surface area contributed by atoms with Crippen LogP contribution >= 0.6 is 15.9 Å². The monoisotopic (exact) mass is 345 g/mol. The van der Waals surface area contributed by atoms with Crippen LogP contribution in [0.5, 0.6) is 0 Å². The van der Waals surface area contributed by atoms with E-state index in [-0.39, 0.29) is 6.04 Å². The van der Waals surface area contributed by atoms with Crippen molar-refractivity contribution in [3.63, 3.8) is 0 Å². The second-order valence-corrected chi connectivity index (χ2v) is 5.93. The fourth-order valence-electron chi connectivity index (χ4n) is 2.49. The van der Waals surface area contributed by atoms with Gasteiger partial charge in [-0.2, -0.15) is 0 Å². The standard InChI is InChI=1S/C16H16BrN3O/c1-9-3-2-4-10-7-14(21-16(9)10)15(20-19)12-8-11(17)5-6-13(12)18/h2-8,15,20H,18-19H2,1H3. The van der Waals surface area contributed by atoms with Gasteiger partial charge in [0.05, 0.1) is 0 Å². The number of aryl methyl sites for hydroxylation is 1. The van der Waals surface area contributed by atoms with Crippen molar-refractivity contribution >= 4 is 32.6 Å². The second-order valence-electron chi connectivity index (χ2n) is 5.01. The van der Waals surface area contributed by atoms with Crippen LogP contribution in [0.15, 0.2) is 51.4 Å². The molecule has 0 aliphatic carbocycles. The molecule has 0 aliphatic heterocycles. The van der Waals surface area contributed by atoms with Crippen LogP contribution in [0.3, 0.4) is 0 Å². The van der Waals surface area contributed by atoms with Gasteiger partial charge >= 0.3 is 0 Å². The van der Waals surface area contributed by atoms with Crippen LogP contribution < -0.4 is 17.0 Å². The molecule has 0 spiro atoms. The van der Waals surface area contributed by atoms with Gasteiger partial charge in [-0.25, -0.2) is 5.43 Å². The van der Waals surface area contributed by atoms with E-state index < -0.39 is 0 Å². The van der Waals surface area contributed by atoms with Crippen molar-refractivity contribution in [3.8, 4) is 0 Å². The molecule has 5 heteroatoms. The van der Waals surface area contributed by atoms with Crippen LogP contribution in [0.1, 0.15) is 22.9 Å². The second kappa shape index (κ2) is 5.52. The largest absolute Gasteiger partial charge is 0.459 e. The van der Waals surface area contributed by atoms with E-state index in [0.29, 0.717) is 5.69 Å². The maximum absolute atomic E-state index is 6.07. The molecule has 1 atom stereocenters. The Hall–Kier alpha value is -1.82. The zero-order chi connectivity index (χ0) is 15.0. The first-order valence-electron chi connectivity index (χ1n) is 6.60. The molecule has 0 aliphatic rings. The summed E-state index contributed by atoms with van der Waals surface area (Å²) in [6.07, 6.45) is 0. The molecule has 5 N–H and O–H groups in total. The van der Waals surface area contributed by atoms with Crippen molar-refractivity contribution in [2.45, 2.75) is 13.0 Å². The Kier molecular flexibility index (Phi) is 3.71. The van der Waals surface area contributed by atoms with Crippen molar-refractivity contribution in [2.75, 3.05) is 5.73 Å². The first-order chi connectivity index (χ1) is 10.1. The summed E-state index contributed by atoms with van der Waals surface area (Å²) >= 11 is 3.46. The van der Waals surface area contributed by atoms with Gasteiger partial charge in [-0.3, -0.25) is 5.84 Å². The minimum Gasteiger partial charge on any atom is -0.459 e. The molecule has 0 fully saturated rings. The summed E-state index contributed by atoms with van der Waals surface area (Å²) in [6.45, 7) is 2.02. The summed E-state index contributed by atoms with van der Waals surface area (Å²) in [5.41, 5.74) is 12.4. The molecule has 4 nitrogen and oxygen atoms in total. The van der Waals surface area contributed by atoms with Gasteiger partial charge in [-0.15, -0.1) is 0 Å². The topological polar surface area (TPSA) is 77.2 Å². The third-order valence-corrected chi connectivity index (χ3v) is 4.06. The number of furan rings is 1. The Balaban J connectivity index is 2.13. The van der Waals surface area contributed by atoms with Crippen molar-refractivity contribution in [1.82, 2.24) is 5.43 Å². The minimum absolute atomic E-state index is 0.297. The number of nitrogens with one attached hydrogen (secondary N) is 1.